The summed E-state index contributed by atoms with van der Waals surface area (Å²) in [5.41, 5.74) is 7.45. The molecule has 0 aliphatic carbocycles. The molecule has 0 spiro atoms. The normalized spacial score (nSPS) is 9.76. The van der Waals surface area contributed by atoms with Gasteiger partial charge in [0.1, 0.15) is 0 Å². The van der Waals surface area contributed by atoms with Crippen LogP contribution in [0.5, 0.6) is 0 Å². The molecular weight excluding hydrogens is 555 g/mol. The maximum absolute atomic E-state index is 5.09. The molecule has 0 unspecified atom stereocenters. The molecule has 148 valence electrons. The Balaban J connectivity index is 0.000000255. The number of rotatable bonds is 2. The van der Waals surface area contributed by atoms with Crippen LogP contribution in [0.1, 0.15) is 16.7 Å². The van der Waals surface area contributed by atoms with E-state index in [1.807, 2.05) is 68.4 Å². The molecule has 0 N–H and O–H groups in total. The molecule has 0 aliphatic heterocycles. The predicted octanol–water partition coefficient (Wildman–Crippen LogP) is 6.13. The molecular formula is C25H22N2PtS. The summed E-state index contributed by atoms with van der Waals surface area (Å²) in [6.07, 6.45) is 3.60. The molecule has 4 aromatic rings. The third-order valence-electron chi connectivity index (χ3n) is 4.30. The molecule has 0 amide bonds. The van der Waals surface area contributed by atoms with Gasteiger partial charge in [0.25, 0.3) is 0 Å². The molecule has 4 rings (SSSR count). The Morgan fingerprint density at radius 3 is 1.55 bits per heavy atom. The molecule has 0 saturated heterocycles. The van der Waals surface area contributed by atoms with Gasteiger partial charge in [0.05, 0.1) is 0 Å². The van der Waals surface area contributed by atoms with Crippen molar-refractivity contribution in [3.8, 4) is 22.5 Å². The molecule has 2 heterocycles. The topological polar surface area (TPSA) is 25.8 Å². The van der Waals surface area contributed by atoms with E-state index >= 15 is 0 Å². The van der Waals surface area contributed by atoms with Crippen molar-refractivity contribution in [2.45, 2.75) is 25.7 Å². The van der Waals surface area contributed by atoms with E-state index in [1.54, 1.807) is 12.4 Å². The minimum absolute atomic E-state index is 0. The molecule has 2 nitrogen and oxygen atoms in total. The third-order valence-corrected chi connectivity index (χ3v) is 4.95. The van der Waals surface area contributed by atoms with Crippen LogP contribution in [-0.2, 0) is 33.7 Å². The van der Waals surface area contributed by atoms with Gasteiger partial charge in [-0.25, -0.2) is 0 Å². The van der Waals surface area contributed by atoms with Crippen molar-refractivity contribution < 1.29 is 21.1 Å². The summed E-state index contributed by atoms with van der Waals surface area (Å²) in [5.74, 6) is 0. The Hall–Kier alpha value is -2.35. The van der Waals surface area contributed by atoms with Crippen molar-refractivity contribution in [2.24, 2.45) is 0 Å². The summed E-state index contributed by atoms with van der Waals surface area (Å²) in [7, 11) is 0. The number of hydrogen-bond donors (Lipinski definition) is 0. The van der Waals surface area contributed by atoms with E-state index in [9.17, 15) is 0 Å². The molecule has 0 fully saturated rings. The summed E-state index contributed by atoms with van der Waals surface area (Å²) < 4.78 is 0. The van der Waals surface area contributed by atoms with Crippen LogP contribution in [0.25, 0.3) is 22.5 Å². The summed E-state index contributed by atoms with van der Waals surface area (Å²) >= 11 is 5.09. The molecule has 2 aromatic heterocycles. The van der Waals surface area contributed by atoms with E-state index in [4.69, 9.17) is 12.6 Å². The Morgan fingerprint density at radius 1 is 0.690 bits per heavy atom. The van der Waals surface area contributed by atoms with E-state index in [0.29, 0.717) is 0 Å². The van der Waals surface area contributed by atoms with Gasteiger partial charge in [-0.1, -0.05) is 71.6 Å². The first kappa shape index (κ1) is 22.9. The summed E-state index contributed by atoms with van der Waals surface area (Å²) in [5, 5.41) is 0. The van der Waals surface area contributed by atoms with Crippen molar-refractivity contribution in [3.05, 3.63) is 102 Å². The Morgan fingerprint density at radius 2 is 1.17 bits per heavy atom. The van der Waals surface area contributed by atoms with Gasteiger partial charge in [0.15, 0.2) is 0 Å². The maximum Gasteiger partial charge on any atom is 2.00 e. The van der Waals surface area contributed by atoms with Gasteiger partial charge >= 0.3 is 21.1 Å². The number of aryl methyl sites for hydroxylation is 3. The number of benzene rings is 2. The molecule has 0 radical (unpaired) electrons. The van der Waals surface area contributed by atoms with Crippen LogP contribution in [0.15, 0.2) is 84.0 Å². The van der Waals surface area contributed by atoms with Crippen LogP contribution in [0.3, 0.4) is 0 Å². The quantitative estimate of drug-likeness (QED) is 0.212. The number of nitrogens with zero attached hydrogens (tertiary/aromatic N) is 2. The monoisotopic (exact) mass is 577 g/mol. The first-order valence-electron chi connectivity index (χ1n) is 9.14. The molecule has 2 aromatic carbocycles. The Bertz CT molecular complexity index is 973. The predicted molar refractivity (Wildman–Crippen MR) is 118 cm³/mol. The maximum atomic E-state index is 5.09. The first-order valence-corrected chi connectivity index (χ1v) is 9.55. The Kier molecular flexibility index (Phi) is 8.69. The van der Waals surface area contributed by atoms with Gasteiger partial charge in [-0.3, -0.25) is 9.97 Å². The van der Waals surface area contributed by atoms with E-state index in [2.05, 4.69) is 35.1 Å². The van der Waals surface area contributed by atoms with Crippen molar-refractivity contribution in [2.75, 3.05) is 0 Å². The van der Waals surface area contributed by atoms with Crippen LogP contribution in [-0.4, -0.2) is 9.97 Å². The van der Waals surface area contributed by atoms with E-state index in [-0.39, 0.29) is 21.1 Å². The van der Waals surface area contributed by atoms with Crippen LogP contribution in [0.4, 0.5) is 0 Å². The van der Waals surface area contributed by atoms with Crippen molar-refractivity contribution in [3.63, 3.8) is 0 Å². The average molecular weight is 578 g/mol. The smallest absolute Gasteiger partial charge is 0.779 e. The zero-order valence-electron chi connectivity index (χ0n) is 16.6. The fraction of sp³-hybridized carbons (Fsp3) is 0.120. The fourth-order valence-corrected chi connectivity index (χ4v) is 2.97. The van der Waals surface area contributed by atoms with Crippen molar-refractivity contribution >= 4 is 12.6 Å². The summed E-state index contributed by atoms with van der Waals surface area (Å²) in [6.45, 7) is 6.15. The molecule has 0 atom stereocenters. The molecule has 0 bridgehead atoms. The molecule has 0 saturated carbocycles. The second-order valence-electron chi connectivity index (χ2n) is 6.64. The minimum Gasteiger partial charge on any atom is -0.779 e. The van der Waals surface area contributed by atoms with Gasteiger partial charge in [-0.15, -0.1) is 23.8 Å². The molecule has 4 heteroatoms. The van der Waals surface area contributed by atoms with Crippen molar-refractivity contribution in [1.82, 2.24) is 9.97 Å². The number of hydrogen-bond acceptors (Lipinski definition) is 3. The molecule has 0 aliphatic rings. The van der Waals surface area contributed by atoms with Gasteiger partial charge in [-0.2, -0.15) is 4.90 Å². The van der Waals surface area contributed by atoms with Crippen LogP contribution in [0.2, 0.25) is 0 Å². The Labute approximate surface area is 193 Å². The number of aromatic nitrogens is 2. The van der Waals surface area contributed by atoms with E-state index < -0.39 is 0 Å². The zero-order valence-corrected chi connectivity index (χ0v) is 19.7. The molecule has 29 heavy (non-hydrogen) atoms. The van der Waals surface area contributed by atoms with Crippen LogP contribution in [0, 0.1) is 26.8 Å². The standard InChI is InChI=1S/C17H13N2.C8H10S.Pt/c1-13-10-14(16-6-2-4-8-18-16)12-15(11-13)17-7-3-5-9-19-17;1-6-4-3-5-7(2)8(6)9;/h2-11H,1H3;3-5,9H,1-2H3;/q-1;;+2/p-1. The second kappa shape index (κ2) is 11.0. The van der Waals surface area contributed by atoms with Crippen molar-refractivity contribution in [1.29, 1.82) is 0 Å². The number of pyridine rings is 2. The third kappa shape index (κ3) is 6.32. The SMILES string of the molecule is Cc1cc(-c2ccccn2)[c-]c(-c2ccccn2)c1.Cc1cccc(C)c1[S-].[Pt+2]. The average Bonchev–Trinajstić information content (AvgIpc) is 2.73. The summed E-state index contributed by atoms with van der Waals surface area (Å²) in [4.78, 5) is 9.74. The fourth-order valence-electron chi connectivity index (χ4n) is 2.83. The second-order valence-corrected chi connectivity index (χ2v) is 7.04. The van der Waals surface area contributed by atoms with Gasteiger partial charge in [0.2, 0.25) is 0 Å². The largest absolute Gasteiger partial charge is 2.00 e. The zero-order chi connectivity index (χ0) is 19.9. The van der Waals surface area contributed by atoms with Crippen LogP contribution < -0.4 is 0 Å². The summed E-state index contributed by atoms with van der Waals surface area (Å²) in [6, 6.07) is 25.5. The van der Waals surface area contributed by atoms with Gasteiger partial charge < -0.3 is 12.6 Å². The van der Waals surface area contributed by atoms with Crippen LogP contribution >= 0.6 is 0 Å². The van der Waals surface area contributed by atoms with E-state index in [0.717, 1.165) is 27.4 Å². The van der Waals surface area contributed by atoms with E-state index in [1.165, 1.54) is 16.7 Å². The van der Waals surface area contributed by atoms with Gasteiger partial charge in [-0.05, 0) is 26.0 Å². The minimum atomic E-state index is 0. The first-order chi connectivity index (χ1) is 13.5. The van der Waals surface area contributed by atoms with Gasteiger partial charge in [0, 0.05) is 23.8 Å².